The number of hydrogen-bond donors (Lipinski definition) is 2. The second kappa shape index (κ2) is 7.25. The molecule has 0 saturated carbocycles. The van der Waals surface area contributed by atoms with E-state index in [4.69, 9.17) is 34.8 Å². The highest BCUT2D eigenvalue weighted by Crippen LogP contribution is 2.41. The van der Waals surface area contributed by atoms with Gasteiger partial charge in [-0.3, -0.25) is 9.45 Å². The second-order valence-corrected chi connectivity index (χ2v) is 8.28. The van der Waals surface area contributed by atoms with Crippen LogP contribution >= 0.6 is 34.8 Å². The maximum Gasteiger partial charge on any atom is 0.321 e. The maximum atomic E-state index is 12.1. The number of nitrogens with zero attached hydrogens (tertiary/aromatic N) is 1. The number of carbonyl (C=O) groups is 1. The van der Waals surface area contributed by atoms with Crippen LogP contribution in [0.2, 0.25) is 15.1 Å². The largest absolute Gasteiger partial charge is 0.338 e. The summed E-state index contributed by atoms with van der Waals surface area (Å²) in [4.78, 5) is 13.2. The van der Waals surface area contributed by atoms with Gasteiger partial charge in [0.05, 0.1) is 10.0 Å². The Hall–Kier alpha value is -1.51. The molecule has 0 bridgehead atoms. The lowest BCUT2D eigenvalue weighted by atomic mass is 10.0. The molecule has 0 atom stereocenters. The first-order valence-electron chi connectivity index (χ1n) is 7.50. The number of amides is 2. The average Bonchev–Trinajstić information content (AvgIpc) is 2.53. The third-order valence-corrected chi connectivity index (χ3v) is 5.64. The van der Waals surface area contributed by atoms with E-state index in [-0.39, 0.29) is 37.1 Å². The summed E-state index contributed by atoms with van der Waals surface area (Å²) in [6, 6.07) is 6.64. The van der Waals surface area contributed by atoms with Crippen molar-refractivity contribution in [3.63, 3.8) is 0 Å². The number of anilines is 1. The Morgan fingerprint density at radius 1 is 1.08 bits per heavy atom. The van der Waals surface area contributed by atoms with Crippen molar-refractivity contribution in [2.75, 3.05) is 18.0 Å². The summed E-state index contributed by atoms with van der Waals surface area (Å²) >= 11 is 18.4. The van der Waals surface area contributed by atoms with E-state index in [1.54, 1.807) is 0 Å². The molecule has 1 fully saturated rings. The fraction of sp³-hybridized carbons (Fsp3) is 0.188. The monoisotopic (exact) mass is 434 g/mol. The fourth-order valence-electron chi connectivity index (χ4n) is 2.78. The van der Waals surface area contributed by atoms with Crippen LogP contribution in [0.3, 0.4) is 0 Å². The summed E-state index contributed by atoms with van der Waals surface area (Å²) in [5.41, 5.74) is 0.728. The molecule has 0 spiro atoms. The van der Waals surface area contributed by atoms with Crippen LogP contribution in [0.1, 0.15) is 6.42 Å². The molecule has 26 heavy (non-hydrogen) atoms. The van der Waals surface area contributed by atoms with Crippen molar-refractivity contribution in [3.8, 4) is 11.1 Å². The number of benzene rings is 2. The number of nitrogens with one attached hydrogen (secondary N) is 1. The number of halogens is 3. The van der Waals surface area contributed by atoms with Crippen molar-refractivity contribution in [2.45, 2.75) is 11.3 Å². The van der Waals surface area contributed by atoms with Crippen LogP contribution < -0.4 is 10.2 Å². The molecule has 10 heteroatoms. The van der Waals surface area contributed by atoms with Gasteiger partial charge < -0.3 is 5.32 Å². The molecule has 0 aromatic heterocycles. The summed E-state index contributed by atoms with van der Waals surface area (Å²) in [7, 11) is -4.56. The summed E-state index contributed by atoms with van der Waals surface area (Å²) < 4.78 is 33.2. The molecule has 0 radical (unpaired) electrons. The Kier molecular flexibility index (Phi) is 5.37. The SMILES string of the molecule is O=C1NCCCN1c1ccc(S(=O)(=O)O)c(-c2c(Cl)cc(Cl)cc2Cl)c1. The first-order valence-corrected chi connectivity index (χ1v) is 10.1. The van der Waals surface area contributed by atoms with Gasteiger partial charge in [0.25, 0.3) is 10.1 Å². The van der Waals surface area contributed by atoms with Gasteiger partial charge in [-0.2, -0.15) is 8.42 Å². The molecule has 2 amide bonds. The minimum absolute atomic E-state index is 0.0787. The molecule has 6 nitrogen and oxygen atoms in total. The van der Waals surface area contributed by atoms with Crippen molar-refractivity contribution >= 4 is 56.6 Å². The summed E-state index contributed by atoms with van der Waals surface area (Å²) in [5, 5.41) is 3.23. The smallest absolute Gasteiger partial charge is 0.321 e. The normalized spacial score (nSPS) is 15.1. The zero-order chi connectivity index (χ0) is 19.1. The molecule has 1 saturated heterocycles. The van der Waals surface area contributed by atoms with Crippen molar-refractivity contribution in [1.29, 1.82) is 0 Å². The zero-order valence-electron chi connectivity index (χ0n) is 13.2. The van der Waals surface area contributed by atoms with Gasteiger partial charge in [-0.1, -0.05) is 34.8 Å². The van der Waals surface area contributed by atoms with Crippen LogP contribution in [0.5, 0.6) is 0 Å². The van der Waals surface area contributed by atoms with E-state index >= 15 is 0 Å². The lowest BCUT2D eigenvalue weighted by molar-refractivity contribution is 0.243. The Morgan fingerprint density at radius 3 is 2.31 bits per heavy atom. The maximum absolute atomic E-state index is 12.1. The van der Waals surface area contributed by atoms with Crippen LogP contribution in [0, 0.1) is 0 Å². The highest BCUT2D eigenvalue weighted by molar-refractivity contribution is 7.86. The molecule has 2 aromatic carbocycles. The Bertz CT molecular complexity index is 972. The van der Waals surface area contributed by atoms with E-state index < -0.39 is 10.1 Å². The van der Waals surface area contributed by atoms with Gasteiger partial charge in [-0.15, -0.1) is 0 Å². The third kappa shape index (κ3) is 3.77. The second-order valence-electron chi connectivity index (χ2n) is 5.64. The summed E-state index contributed by atoms with van der Waals surface area (Å²) in [5.74, 6) is 0. The molecule has 138 valence electrons. The zero-order valence-corrected chi connectivity index (χ0v) is 16.3. The van der Waals surface area contributed by atoms with Crippen LogP contribution in [-0.2, 0) is 10.1 Å². The van der Waals surface area contributed by atoms with Gasteiger partial charge in [0.2, 0.25) is 0 Å². The van der Waals surface area contributed by atoms with Crippen molar-refractivity contribution in [2.24, 2.45) is 0 Å². The minimum Gasteiger partial charge on any atom is -0.338 e. The Morgan fingerprint density at radius 2 is 1.73 bits per heavy atom. The topological polar surface area (TPSA) is 86.7 Å². The van der Waals surface area contributed by atoms with Crippen LogP contribution in [0.4, 0.5) is 10.5 Å². The number of urea groups is 1. The average molecular weight is 436 g/mol. The van der Waals surface area contributed by atoms with E-state index in [0.29, 0.717) is 18.8 Å². The lowest BCUT2D eigenvalue weighted by Gasteiger charge is -2.28. The van der Waals surface area contributed by atoms with Crippen LogP contribution in [-0.4, -0.2) is 32.1 Å². The van der Waals surface area contributed by atoms with E-state index in [1.807, 2.05) is 0 Å². The van der Waals surface area contributed by atoms with Crippen molar-refractivity contribution in [3.05, 3.63) is 45.4 Å². The van der Waals surface area contributed by atoms with Gasteiger partial charge in [-0.25, -0.2) is 4.79 Å². The molecule has 0 unspecified atom stereocenters. The van der Waals surface area contributed by atoms with Gasteiger partial charge in [0.1, 0.15) is 4.90 Å². The van der Waals surface area contributed by atoms with Crippen LogP contribution in [0.15, 0.2) is 35.2 Å². The third-order valence-electron chi connectivity index (χ3n) is 3.91. The predicted molar refractivity (Wildman–Crippen MR) is 102 cm³/mol. The molecule has 2 aromatic rings. The Balaban J connectivity index is 2.25. The van der Waals surface area contributed by atoms with Crippen LogP contribution in [0.25, 0.3) is 11.1 Å². The summed E-state index contributed by atoms with van der Waals surface area (Å²) in [6.07, 6.45) is 0.740. The van der Waals surface area contributed by atoms with Gasteiger partial charge >= 0.3 is 6.03 Å². The van der Waals surface area contributed by atoms with Gasteiger partial charge in [0.15, 0.2) is 0 Å². The fourth-order valence-corrected chi connectivity index (χ4v) is 4.48. The molecule has 3 rings (SSSR count). The minimum atomic E-state index is -4.56. The standard InChI is InChI=1S/C16H13Cl3N2O4S/c17-9-6-12(18)15(13(19)7-9)11-8-10(2-3-14(11)26(23,24)25)21-5-1-4-20-16(21)22/h2-3,6-8H,1,4-5H2,(H,20,22)(H,23,24,25). The van der Waals surface area contributed by atoms with Crippen molar-refractivity contribution < 1.29 is 17.8 Å². The van der Waals surface area contributed by atoms with Gasteiger partial charge in [0, 0.05) is 34.9 Å². The van der Waals surface area contributed by atoms with E-state index in [2.05, 4.69) is 5.32 Å². The molecule has 1 heterocycles. The van der Waals surface area contributed by atoms with E-state index in [9.17, 15) is 17.8 Å². The quantitative estimate of drug-likeness (QED) is 0.696. The lowest BCUT2D eigenvalue weighted by Crippen LogP contribution is -2.46. The predicted octanol–water partition coefficient (Wildman–Crippen LogP) is 4.48. The first-order chi connectivity index (χ1) is 12.2. The molecule has 2 N–H and O–H groups in total. The highest BCUT2D eigenvalue weighted by atomic mass is 35.5. The number of rotatable bonds is 3. The number of carbonyl (C=O) groups excluding carboxylic acids is 1. The van der Waals surface area contributed by atoms with E-state index in [0.717, 1.165) is 6.42 Å². The summed E-state index contributed by atoms with van der Waals surface area (Å²) in [6.45, 7) is 1.04. The van der Waals surface area contributed by atoms with Crippen molar-refractivity contribution in [1.82, 2.24) is 5.32 Å². The molecule has 1 aliphatic rings. The molecule has 1 aliphatic heterocycles. The molecular formula is C16H13Cl3N2O4S. The van der Waals surface area contributed by atoms with Gasteiger partial charge in [-0.05, 0) is 36.8 Å². The Labute approximate surface area is 165 Å². The molecule has 0 aliphatic carbocycles. The highest BCUT2D eigenvalue weighted by Gasteiger charge is 2.25. The van der Waals surface area contributed by atoms with E-state index in [1.165, 1.54) is 35.2 Å². The first kappa shape index (κ1) is 19.3. The number of hydrogen-bond acceptors (Lipinski definition) is 3. The molecular weight excluding hydrogens is 423 g/mol.